The maximum atomic E-state index is 13.0. The highest BCUT2D eigenvalue weighted by molar-refractivity contribution is 7.89. The van der Waals surface area contributed by atoms with Crippen LogP contribution in [0.4, 0.5) is 18.9 Å². The Morgan fingerprint density at radius 1 is 1.10 bits per heavy atom. The number of amides is 1. The lowest BCUT2D eigenvalue weighted by Crippen LogP contribution is -2.20. The molecule has 0 saturated carbocycles. The van der Waals surface area contributed by atoms with Crippen LogP contribution in [0, 0.1) is 0 Å². The van der Waals surface area contributed by atoms with Crippen LogP contribution in [-0.2, 0) is 20.9 Å². The van der Waals surface area contributed by atoms with Crippen LogP contribution in [-0.4, -0.2) is 41.7 Å². The molecular formula is C18H19F3N2O5S. The minimum Gasteiger partial charge on any atom is -0.489 e. The highest BCUT2D eigenvalue weighted by Gasteiger charge is 2.31. The molecule has 2 aromatic carbocycles. The third-order valence-corrected chi connectivity index (χ3v) is 5.19. The van der Waals surface area contributed by atoms with Crippen LogP contribution in [0.15, 0.2) is 47.4 Å². The Kier molecular flexibility index (Phi) is 7.22. The number of sulfonamides is 1. The molecule has 0 aliphatic carbocycles. The second kappa shape index (κ2) is 9.25. The topological polar surface area (TPSA) is 93.7 Å². The molecule has 7 nitrogen and oxygen atoms in total. The zero-order chi connectivity index (χ0) is 21.7. The van der Waals surface area contributed by atoms with E-state index in [4.69, 9.17) is 9.47 Å². The fourth-order valence-electron chi connectivity index (χ4n) is 2.28. The van der Waals surface area contributed by atoms with Crippen LogP contribution < -0.4 is 14.8 Å². The largest absolute Gasteiger partial charge is 0.489 e. The minimum absolute atomic E-state index is 0.0161. The van der Waals surface area contributed by atoms with E-state index in [-0.39, 0.29) is 35.1 Å². The summed E-state index contributed by atoms with van der Waals surface area (Å²) < 4.78 is 75.2. The fraction of sp³-hybridized carbons (Fsp3) is 0.278. The van der Waals surface area contributed by atoms with E-state index in [2.05, 4.69) is 10.0 Å². The molecule has 2 N–H and O–H groups in total. The van der Waals surface area contributed by atoms with Gasteiger partial charge in [0.2, 0.25) is 10.0 Å². The number of hydrogen-bond acceptors (Lipinski definition) is 5. The summed E-state index contributed by atoms with van der Waals surface area (Å²) in [5.74, 6) is -0.781. The van der Waals surface area contributed by atoms with Crippen LogP contribution in [0.3, 0.4) is 0 Å². The molecule has 0 heterocycles. The summed E-state index contributed by atoms with van der Waals surface area (Å²) in [5, 5.41) is 2.34. The number of alkyl halides is 3. The van der Waals surface area contributed by atoms with E-state index in [0.29, 0.717) is 0 Å². The second-order valence-corrected chi connectivity index (χ2v) is 7.63. The Hall–Kier alpha value is -2.63. The normalized spacial score (nSPS) is 11.9. The predicted octanol–water partition coefficient (Wildman–Crippen LogP) is 2.89. The van der Waals surface area contributed by atoms with Crippen molar-refractivity contribution in [3.63, 3.8) is 0 Å². The number of benzene rings is 2. The average Bonchev–Trinajstić information content (AvgIpc) is 2.68. The van der Waals surface area contributed by atoms with E-state index in [0.717, 1.165) is 24.3 Å². The first-order valence-corrected chi connectivity index (χ1v) is 9.74. The monoisotopic (exact) mass is 432 g/mol. The van der Waals surface area contributed by atoms with Crippen molar-refractivity contribution >= 4 is 21.6 Å². The Morgan fingerprint density at radius 2 is 1.83 bits per heavy atom. The summed E-state index contributed by atoms with van der Waals surface area (Å²) in [5.41, 5.74) is -1.23. The van der Waals surface area contributed by atoms with Gasteiger partial charge in [-0.3, -0.25) is 4.79 Å². The fourth-order valence-corrected chi connectivity index (χ4v) is 3.06. The lowest BCUT2D eigenvalue weighted by Gasteiger charge is -2.15. The second-order valence-electron chi connectivity index (χ2n) is 5.74. The van der Waals surface area contributed by atoms with Crippen LogP contribution >= 0.6 is 0 Å². The molecular weight excluding hydrogens is 413 g/mol. The van der Waals surface area contributed by atoms with Gasteiger partial charge in [0.25, 0.3) is 5.91 Å². The molecule has 0 aliphatic heterocycles. The van der Waals surface area contributed by atoms with E-state index in [1.165, 1.54) is 32.4 Å². The standard InChI is InChI=1S/C18H19F3N2O5S/c1-22-29(25,26)14-5-3-4-12(10-14)17(24)23-15-11-13(18(19,20)21)6-7-16(15)28-9-8-27-2/h3-7,10-11,22H,8-9H2,1-2H3,(H,23,24). The first-order chi connectivity index (χ1) is 13.6. The average molecular weight is 432 g/mol. The zero-order valence-corrected chi connectivity index (χ0v) is 16.4. The minimum atomic E-state index is -4.62. The first kappa shape index (κ1) is 22.7. The number of ether oxygens (including phenoxy) is 2. The molecule has 0 saturated heterocycles. The molecule has 0 unspecified atom stereocenters. The SMILES string of the molecule is CNS(=O)(=O)c1cccc(C(=O)Nc2cc(C(F)(F)F)ccc2OCCOC)c1. The highest BCUT2D eigenvalue weighted by atomic mass is 32.2. The molecule has 2 aromatic rings. The molecule has 0 atom stereocenters. The summed E-state index contributed by atoms with van der Waals surface area (Å²) in [6.45, 7) is 0.249. The summed E-state index contributed by atoms with van der Waals surface area (Å²) in [6.07, 6.45) is -4.62. The summed E-state index contributed by atoms with van der Waals surface area (Å²) in [4.78, 5) is 12.4. The maximum absolute atomic E-state index is 13.0. The molecule has 1 amide bonds. The molecule has 0 aliphatic rings. The van der Waals surface area contributed by atoms with Crippen LogP contribution in [0.5, 0.6) is 5.75 Å². The third kappa shape index (κ3) is 5.92. The zero-order valence-electron chi connectivity index (χ0n) is 15.5. The Labute approximate surface area is 165 Å². The summed E-state index contributed by atoms with van der Waals surface area (Å²) in [7, 11) is -1.14. The number of hydrogen-bond donors (Lipinski definition) is 2. The molecule has 11 heteroatoms. The van der Waals surface area contributed by atoms with Gasteiger partial charge in [0.1, 0.15) is 12.4 Å². The lowest BCUT2D eigenvalue weighted by atomic mass is 10.1. The molecule has 2 rings (SSSR count). The number of carbonyl (C=O) groups excluding carboxylic acids is 1. The van der Waals surface area contributed by atoms with E-state index >= 15 is 0 Å². The molecule has 158 valence electrons. The number of rotatable bonds is 8. The van der Waals surface area contributed by atoms with Crippen molar-refractivity contribution in [2.45, 2.75) is 11.1 Å². The lowest BCUT2D eigenvalue weighted by molar-refractivity contribution is -0.137. The number of carbonyl (C=O) groups is 1. The highest BCUT2D eigenvalue weighted by Crippen LogP contribution is 2.35. The molecule has 29 heavy (non-hydrogen) atoms. The van der Waals surface area contributed by atoms with Gasteiger partial charge in [0.05, 0.1) is 22.8 Å². The van der Waals surface area contributed by atoms with Gasteiger partial charge in [-0.05, 0) is 43.4 Å². The molecule has 0 aromatic heterocycles. The van der Waals surface area contributed by atoms with Crippen molar-refractivity contribution in [3.8, 4) is 5.75 Å². The number of nitrogens with one attached hydrogen (secondary N) is 2. The van der Waals surface area contributed by atoms with E-state index in [1.54, 1.807) is 0 Å². The Bertz CT molecular complexity index is 978. The van der Waals surface area contributed by atoms with Gasteiger partial charge in [0, 0.05) is 12.7 Å². The number of methoxy groups -OCH3 is 1. The molecule has 0 fully saturated rings. The van der Waals surface area contributed by atoms with E-state index < -0.39 is 27.7 Å². The van der Waals surface area contributed by atoms with Gasteiger partial charge in [-0.25, -0.2) is 13.1 Å². The van der Waals surface area contributed by atoms with Crippen LogP contribution in [0.2, 0.25) is 0 Å². The quantitative estimate of drug-likeness (QED) is 0.626. The van der Waals surface area contributed by atoms with Crippen LogP contribution in [0.25, 0.3) is 0 Å². The molecule has 0 bridgehead atoms. The van der Waals surface area contributed by atoms with Gasteiger partial charge in [-0.2, -0.15) is 13.2 Å². The predicted molar refractivity (Wildman–Crippen MR) is 99.5 cm³/mol. The van der Waals surface area contributed by atoms with Crippen molar-refractivity contribution in [1.82, 2.24) is 4.72 Å². The van der Waals surface area contributed by atoms with Gasteiger partial charge < -0.3 is 14.8 Å². The third-order valence-electron chi connectivity index (χ3n) is 3.78. The van der Waals surface area contributed by atoms with Gasteiger partial charge in [0.15, 0.2) is 0 Å². The van der Waals surface area contributed by atoms with Gasteiger partial charge in [-0.1, -0.05) is 6.07 Å². The van der Waals surface area contributed by atoms with E-state index in [9.17, 15) is 26.4 Å². The van der Waals surface area contributed by atoms with Crippen molar-refractivity contribution in [2.75, 3.05) is 32.7 Å². The number of halogens is 3. The van der Waals surface area contributed by atoms with Crippen molar-refractivity contribution in [1.29, 1.82) is 0 Å². The summed E-state index contributed by atoms with van der Waals surface area (Å²) in [6, 6.07) is 7.75. The Morgan fingerprint density at radius 3 is 2.45 bits per heavy atom. The van der Waals surface area contributed by atoms with E-state index in [1.807, 2.05) is 0 Å². The Balaban J connectivity index is 2.35. The smallest absolute Gasteiger partial charge is 0.416 e. The van der Waals surface area contributed by atoms with Crippen molar-refractivity contribution in [3.05, 3.63) is 53.6 Å². The number of anilines is 1. The van der Waals surface area contributed by atoms with Crippen LogP contribution in [0.1, 0.15) is 15.9 Å². The van der Waals surface area contributed by atoms with Crippen molar-refractivity contribution in [2.24, 2.45) is 0 Å². The molecule has 0 spiro atoms. The van der Waals surface area contributed by atoms with Gasteiger partial charge >= 0.3 is 6.18 Å². The summed E-state index contributed by atoms with van der Waals surface area (Å²) >= 11 is 0. The molecule has 0 radical (unpaired) electrons. The van der Waals surface area contributed by atoms with Gasteiger partial charge in [-0.15, -0.1) is 0 Å². The first-order valence-electron chi connectivity index (χ1n) is 8.26. The maximum Gasteiger partial charge on any atom is 0.416 e. The van der Waals surface area contributed by atoms with Crippen molar-refractivity contribution < 1.29 is 35.9 Å².